The van der Waals surface area contributed by atoms with Crippen LogP contribution in [0.3, 0.4) is 0 Å². The fraction of sp³-hybridized carbons (Fsp3) is 0.364. The molecule has 0 aliphatic rings. The number of hydrogen-bond acceptors (Lipinski definition) is 2. The molecule has 0 aliphatic carbocycles. The van der Waals surface area contributed by atoms with E-state index in [2.05, 4.69) is 15.9 Å². The van der Waals surface area contributed by atoms with Gasteiger partial charge in [-0.2, -0.15) is 26.3 Å². The summed E-state index contributed by atoms with van der Waals surface area (Å²) < 4.78 is 74.9. The van der Waals surface area contributed by atoms with Crippen LogP contribution in [0.25, 0.3) is 0 Å². The van der Waals surface area contributed by atoms with Crippen molar-refractivity contribution in [3.63, 3.8) is 0 Å². The number of hydrogen-bond donors (Lipinski definition) is 0. The number of rotatable bonds is 4. The zero-order valence-electron chi connectivity index (χ0n) is 9.61. The molecule has 0 saturated heterocycles. The molecule has 0 aliphatic heterocycles. The van der Waals surface area contributed by atoms with Crippen molar-refractivity contribution in [2.75, 3.05) is 5.33 Å². The molecule has 0 aromatic heterocycles. The summed E-state index contributed by atoms with van der Waals surface area (Å²) in [6.07, 6.45) is -5.00. The third-order valence-corrected chi connectivity index (χ3v) is 3.36. The largest absolute Gasteiger partial charge is 0.446 e. The molecule has 0 spiro atoms. The van der Waals surface area contributed by atoms with Gasteiger partial charge < -0.3 is 0 Å². The van der Waals surface area contributed by atoms with Gasteiger partial charge in [-0.15, -0.1) is 0 Å². The van der Waals surface area contributed by atoms with Crippen molar-refractivity contribution in [3.8, 4) is 0 Å². The summed E-state index contributed by atoms with van der Waals surface area (Å²) in [5.74, 6) is -0.573. The van der Waals surface area contributed by atoms with E-state index < -0.39 is 39.7 Å². The minimum atomic E-state index is -4.96. The first-order valence-corrected chi connectivity index (χ1v) is 7.04. The van der Waals surface area contributed by atoms with E-state index in [1.807, 2.05) is 0 Å². The molecule has 1 aromatic rings. The fourth-order valence-electron chi connectivity index (χ4n) is 1.37. The van der Waals surface area contributed by atoms with Gasteiger partial charge in [0.1, 0.15) is 0 Å². The zero-order chi connectivity index (χ0) is 15.6. The van der Waals surface area contributed by atoms with Gasteiger partial charge in [0.2, 0.25) is 0 Å². The van der Waals surface area contributed by atoms with Crippen LogP contribution in [0.1, 0.15) is 22.3 Å². The molecule has 0 bridgehead atoms. The molecule has 0 atom stereocenters. The SMILES string of the molecule is O=C(CCBr)c1ccc(SC(F)(F)F)c(C(F)(F)F)c1. The molecule has 9 heteroatoms. The maximum atomic E-state index is 12.8. The average molecular weight is 381 g/mol. The third-order valence-electron chi connectivity index (χ3n) is 2.15. The van der Waals surface area contributed by atoms with Crippen molar-refractivity contribution >= 4 is 33.5 Å². The Kier molecular flexibility index (Phi) is 5.54. The van der Waals surface area contributed by atoms with Crippen molar-refractivity contribution in [1.29, 1.82) is 0 Å². The zero-order valence-corrected chi connectivity index (χ0v) is 12.0. The lowest BCUT2D eigenvalue weighted by Crippen LogP contribution is -2.11. The summed E-state index contributed by atoms with van der Waals surface area (Å²) in [6.45, 7) is 0. The molecule has 1 aromatic carbocycles. The maximum absolute atomic E-state index is 12.8. The van der Waals surface area contributed by atoms with Crippen LogP contribution in [-0.4, -0.2) is 16.6 Å². The first-order valence-electron chi connectivity index (χ1n) is 5.11. The van der Waals surface area contributed by atoms with E-state index >= 15 is 0 Å². The lowest BCUT2D eigenvalue weighted by molar-refractivity contribution is -0.139. The molecule has 1 nitrogen and oxygen atoms in total. The van der Waals surface area contributed by atoms with Gasteiger partial charge >= 0.3 is 11.7 Å². The van der Waals surface area contributed by atoms with Gasteiger partial charge in [-0.25, -0.2) is 0 Å². The van der Waals surface area contributed by atoms with Crippen LogP contribution in [0, 0.1) is 0 Å². The number of thioether (sulfide) groups is 1. The van der Waals surface area contributed by atoms with Crippen molar-refractivity contribution in [2.45, 2.75) is 23.0 Å². The molecular weight excluding hydrogens is 374 g/mol. The fourth-order valence-corrected chi connectivity index (χ4v) is 2.40. The Hall–Kier alpha value is -0.700. The second-order valence-corrected chi connectivity index (χ2v) is 5.52. The highest BCUT2D eigenvalue weighted by atomic mass is 79.9. The van der Waals surface area contributed by atoms with Gasteiger partial charge in [0, 0.05) is 22.2 Å². The number of Topliss-reactive ketones (excluding diaryl/α,β-unsaturated/α-hetero) is 1. The quantitative estimate of drug-likeness (QED) is 0.305. The summed E-state index contributed by atoms with van der Waals surface area (Å²) in [4.78, 5) is 10.5. The van der Waals surface area contributed by atoms with Gasteiger partial charge in [0.25, 0.3) is 0 Å². The smallest absolute Gasteiger partial charge is 0.294 e. The first kappa shape index (κ1) is 17.4. The molecule has 0 radical (unpaired) electrons. The summed E-state index contributed by atoms with van der Waals surface area (Å²) in [5.41, 5.74) is -6.55. The Morgan fingerprint density at radius 3 is 2.20 bits per heavy atom. The van der Waals surface area contributed by atoms with Crippen LogP contribution in [0.4, 0.5) is 26.3 Å². The number of carbonyl (C=O) groups is 1. The van der Waals surface area contributed by atoms with Crippen LogP contribution < -0.4 is 0 Å². The molecule has 0 N–H and O–H groups in total. The standard InChI is InChI=1S/C11H7BrF6OS/c12-4-3-8(19)6-1-2-9(20-11(16,17)18)7(5-6)10(13,14)15/h1-2,5H,3-4H2. The van der Waals surface area contributed by atoms with Crippen LogP contribution in [0.2, 0.25) is 0 Å². The molecule has 0 heterocycles. The highest BCUT2D eigenvalue weighted by molar-refractivity contribution is 9.09. The lowest BCUT2D eigenvalue weighted by Gasteiger charge is -2.14. The number of ketones is 1. The van der Waals surface area contributed by atoms with E-state index in [4.69, 9.17) is 0 Å². The normalized spacial score (nSPS) is 12.6. The van der Waals surface area contributed by atoms with Crippen molar-refractivity contribution < 1.29 is 31.1 Å². The molecule has 20 heavy (non-hydrogen) atoms. The van der Waals surface area contributed by atoms with E-state index in [1.165, 1.54) is 0 Å². The third kappa shape index (κ3) is 5.01. The van der Waals surface area contributed by atoms with Gasteiger partial charge in [-0.1, -0.05) is 22.0 Å². The van der Waals surface area contributed by atoms with E-state index in [0.717, 1.165) is 6.07 Å². The highest BCUT2D eigenvalue weighted by Gasteiger charge is 2.38. The Morgan fingerprint density at radius 2 is 1.75 bits per heavy atom. The van der Waals surface area contributed by atoms with Crippen molar-refractivity contribution in [3.05, 3.63) is 29.3 Å². The Bertz CT molecular complexity index is 497. The Labute approximate surface area is 122 Å². The number of alkyl halides is 7. The molecule has 0 saturated carbocycles. The summed E-state index contributed by atoms with van der Waals surface area (Å²) in [5, 5.41) is 0.256. The molecule has 1 rings (SSSR count). The Morgan fingerprint density at radius 1 is 1.15 bits per heavy atom. The average Bonchev–Trinajstić information content (AvgIpc) is 2.26. The minimum absolute atomic E-state index is 0.0386. The molecule has 0 amide bonds. The van der Waals surface area contributed by atoms with E-state index in [1.54, 1.807) is 0 Å². The van der Waals surface area contributed by atoms with Gasteiger partial charge in [-0.05, 0) is 23.9 Å². The van der Waals surface area contributed by atoms with Crippen LogP contribution >= 0.6 is 27.7 Å². The second-order valence-electron chi connectivity index (χ2n) is 3.62. The summed E-state index contributed by atoms with van der Waals surface area (Å²) >= 11 is 2.11. The summed E-state index contributed by atoms with van der Waals surface area (Å²) in [7, 11) is 0. The topological polar surface area (TPSA) is 17.1 Å². The molecule has 0 unspecified atom stereocenters. The van der Waals surface area contributed by atoms with E-state index in [-0.39, 0.29) is 17.3 Å². The minimum Gasteiger partial charge on any atom is -0.294 e. The predicted octanol–water partition coefficient (Wildman–Crippen LogP) is 5.29. The highest BCUT2D eigenvalue weighted by Crippen LogP contribution is 2.43. The van der Waals surface area contributed by atoms with Crippen LogP contribution in [-0.2, 0) is 6.18 Å². The second kappa shape index (κ2) is 6.38. The molecule has 112 valence electrons. The lowest BCUT2D eigenvalue weighted by atomic mass is 10.1. The maximum Gasteiger partial charge on any atom is 0.446 e. The van der Waals surface area contributed by atoms with E-state index in [0.29, 0.717) is 12.1 Å². The van der Waals surface area contributed by atoms with Crippen molar-refractivity contribution in [2.24, 2.45) is 0 Å². The van der Waals surface area contributed by atoms with Gasteiger partial charge in [0.15, 0.2) is 5.78 Å². The molecular formula is C11H7BrF6OS. The summed E-state index contributed by atoms with van der Waals surface area (Å²) in [6, 6.07) is 2.09. The first-order chi connectivity index (χ1) is 9.04. The van der Waals surface area contributed by atoms with Gasteiger partial charge in [0.05, 0.1) is 5.56 Å². The monoisotopic (exact) mass is 380 g/mol. The Balaban J connectivity index is 3.24. The molecule has 0 fully saturated rings. The number of halogens is 7. The van der Waals surface area contributed by atoms with Crippen molar-refractivity contribution in [1.82, 2.24) is 0 Å². The van der Waals surface area contributed by atoms with Crippen LogP contribution in [0.5, 0.6) is 0 Å². The number of carbonyl (C=O) groups excluding carboxylic acids is 1. The predicted molar refractivity (Wildman–Crippen MR) is 66.1 cm³/mol. The number of benzene rings is 1. The van der Waals surface area contributed by atoms with Gasteiger partial charge in [-0.3, -0.25) is 4.79 Å². The van der Waals surface area contributed by atoms with E-state index in [9.17, 15) is 31.1 Å². The van der Waals surface area contributed by atoms with Crippen LogP contribution in [0.15, 0.2) is 23.1 Å².